The van der Waals surface area contributed by atoms with Crippen molar-refractivity contribution in [1.29, 1.82) is 0 Å². The molecule has 0 aliphatic heterocycles. The van der Waals surface area contributed by atoms with Crippen LogP contribution in [0.25, 0.3) is 11.0 Å². The molecule has 1 aliphatic rings. The van der Waals surface area contributed by atoms with E-state index in [2.05, 4.69) is 27.8 Å². The molecule has 5 rings (SSSR count). The predicted molar refractivity (Wildman–Crippen MR) is 158 cm³/mol. The van der Waals surface area contributed by atoms with Gasteiger partial charge in [0.1, 0.15) is 29.6 Å². The third-order valence-electron chi connectivity index (χ3n) is 7.65. The lowest BCUT2D eigenvalue weighted by molar-refractivity contribution is -0.142. The lowest BCUT2D eigenvalue weighted by Gasteiger charge is -2.37. The summed E-state index contributed by atoms with van der Waals surface area (Å²) in [5.41, 5.74) is 4.03. The summed E-state index contributed by atoms with van der Waals surface area (Å²) < 4.78 is 12.5. The van der Waals surface area contributed by atoms with Gasteiger partial charge in [-0.1, -0.05) is 53.8 Å². The van der Waals surface area contributed by atoms with Crippen LogP contribution in [0, 0.1) is 12.8 Å². The Morgan fingerprint density at radius 2 is 1.85 bits per heavy atom. The number of allylic oxidation sites excluding steroid dienone is 2. The summed E-state index contributed by atoms with van der Waals surface area (Å²) in [6.07, 6.45) is 6.57. The highest BCUT2D eigenvalue weighted by atomic mass is 16.5. The highest BCUT2D eigenvalue weighted by Crippen LogP contribution is 2.32. The van der Waals surface area contributed by atoms with Crippen molar-refractivity contribution in [2.24, 2.45) is 5.92 Å². The van der Waals surface area contributed by atoms with E-state index in [9.17, 15) is 9.59 Å². The molecule has 0 fully saturated rings. The number of nitrogens with one attached hydrogen (secondary N) is 1. The normalized spacial score (nSPS) is 15.3. The quantitative estimate of drug-likeness (QED) is 0.273. The number of nitrogens with zero attached hydrogens (tertiary/aromatic N) is 4. The molecule has 1 N–H and O–H groups in total. The SMILES string of the molecule is COc1ccc(NC(=O)C(C2CC=CCC2)N(Cc2ccccc2C)C(=O)Cn2nnc3ccccc32)c(OC)c1. The lowest BCUT2D eigenvalue weighted by Crippen LogP contribution is -2.52. The Bertz CT molecular complexity index is 1560. The summed E-state index contributed by atoms with van der Waals surface area (Å²) in [4.78, 5) is 30.2. The topological polar surface area (TPSA) is 98.6 Å². The second-order valence-corrected chi connectivity index (χ2v) is 10.2. The number of aromatic nitrogens is 3. The molecule has 0 radical (unpaired) electrons. The van der Waals surface area contributed by atoms with Crippen LogP contribution in [0.3, 0.4) is 0 Å². The Hall–Kier alpha value is -4.66. The highest BCUT2D eigenvalue weighted by molar-refractivity contribution is 5.98. The van der Waals surface area contributed by atoms with E-state index in [0.29, 0.717) is 29.1 Å². The standard InChI is InChI=1S/C32H35N5O4/c1-22-11-7-8-14-24(22)20-36(30(38)21-37-28-16-10-9-15-26(28)34-35-37)31(23-12-5-4-6-13-23)32(39)33-27-18-17-25(40-2)19-29(27)41-3/h4-5,7-11,14-19,23,31H,6,12-13,20-21H2,1-3H3,(H,33,39). The maximum Gasteiger partial charge on any atom is 0.247 e. The van der Waals surface area contributed by atoms with Gasteiger partial charge in [0.25, 0.3) is 0 Å². The fourth-order valence-electron chi connectivity index (χ4n) is 5.39. The minimum atomic E-state index is -0.728. The van der Waals surface area contributed by atoms with Crippen LogP contribution >= 0.6 is 0 Å². The maximum absolute atomic E-state index is 14.2. The highest BCUT2D eigenvalue weighted by Gasteiger charge is 2.37. The molecule has 9 nitrogen and oxygen atoms in total. The molecule has 2 unspecified atom stereocenters. The number of methoxy groups -OCH3 is 2. The van der Waals surface area contributed by atoms with Gasteiger partial charge in [-0.3, -0.25) is 9.59 Å². The van der Waals surface area contributed by atoms with Crippen LogP contribution in [0.2, 0.25) is 0 Å². The number of hydrogen-bond acceptors (Lipinski definition) is 6. The van der Waals surface area contributed by atoms with Gasteiger partial charge in [0, 0.05) is 12.6 Å². The second-order valence-electron chi connectivity index (χ2n) is 10.2. The predicted octanol–water partition coefficient (Wildman–Crippen LogP) is 5.15. The smallest absolute Gasteiger partial charge is 0.247 e. The van der Waals surface area contributed by atoms with E-state index >= 15 is 0 Å². The number of amides is 2. The Morgan fingerprint density at radius 3 is 2.61 bits per heavy atom. The molecule has 0 spiro atoms. The van der Waals surface area contributed by atoms with Gasteiger partial charge in [-0.05, 0) is 67.5 Å². The fourth-order valence-corrected chi connectivity index (χ4v) is 5.39. The molecule has 1 aromatic heterocycles. The number of ether oxygens (including phenoxy) is 2. The van der Waals surface area contributed by atoms with Crippen LogP contribution in [0.4, 0.5) is 5.69 Å². The summed E-state index contributed by atoms with van der Waals surface area (Å²) in [7, 11) is 3.12. The molecule has 1 aliphatic carbocycles. The van der Waals surface area contributed by atoms with Crippen molar-refractivity contribution in [2.45, 2.75) is 45.3 Å². The first-order chi connectivity index (χ1) is 20.0. The van der Waals surface area contributed by atoms with Gasteiger partial charge in [-0.15, -0.1) is 5.10 Å². The van der Waals surface area contributed by atoms with Crippen molar-refractivity contribution in [3.8, 4) is 11.5 Å². The number of benzene rings is 3. The third-order valence-corrected chi connectivity index (χ3v) is 7.65. The molecule has 0 saturated carbocycles. The zero-order valence-electron chi connectivity index (χ0n) is 23.6. The van der Waals surface area contributed by atoms with E-state index in [1.807, 2.05) is 55.5 Å². The zero-order valence-corrected chi connectivity index (χ0v) is 23.6. The maximum atomic E-state index is 14.2. The van der Waals surface area contributed by atoms with Crippen molar-refractivity contribution in [3.05, 3.63) is 90.0 Å². The monoisotopic (exact) mass is 553 g/mol. The van der Waals surface area contributed by atoms with Gasteiger partial charge in [0.05, 0.1) is 25.4 Å². The molecule has 2 amide bonds. The van der Waals surface area contributed by atoms with E-state index < -0.39 is 6.04 Å². The van der Waals surface area contributed by atoms with Crippen LogP contribution in [0.15, 0.2) is 78.9 Å². The van der Waals surface area contributed by atoms with Crippen LogP contribution < -0.4 is 14.8 Å². The van der Waals surface area contributed by atoms with E-state index in [0.717, 1.165) is 29.5 Å². The first kappa shape index (κ1) is 27.9. The number of rotatable bonds is 10. The van der Waals surface area contributed by atoms with Crippen molar-refractivity contribution in [3.63, 3.8) is 0 Å². The number of carbonyl (C=O) groups is 2. The molecule has 4 aromatic rings. The van der Waals surface area contributed by atoms with Crippen molar-refractivity contribution >= 4 is 28.5 Å². The van der Waals surface area contributed by atoms with E-state index in [1.54, 1.807) is 42.0 Å². The first-order valence-electron chi connectivity index (χ1n) is 13.8. The minimum absolute atomic E-state index is 0.0371. The summed E-state index contributed by atoms with van der Waals surface area (Å²) in [6, 6.07) is 20.0. The van der Waals surface area contributed by atoms with Crippen LogP contribution in [-0.2, 0) is 22.7 Å². The zero-order chi connectivity index (χ0) is 28.8. The average molecular weight is 554 g/mol. The van der Waals surface area contributed by atoms with Gasteiger partial charge < -0.3 is 19.7 Å². The number of para-hydroxylation sites is 1. The minimum Gasteiger partial charge on any atom is -0.497 e. The number of hydrogen-bond donors (Lipinski definition) is 1. The molecule has 0 saturated heterocycles. The second kappa shape index (κ2) is 12.7. The molecule has 212 valence electrons. The molecule has 1 heterocycles. The molecular weight excluding hydrogens is 518 g/mol. The summed E-state index contributed by atoms with van der Waals surface area (Å²) in [5.74, 6) is 0.556. The first-order valence-corrected chi connectivity index (χ1v) is 13.8. The third kappa shape index (κ3) is 6.24. The molecule has 9 heteroatoms. The van der Waals surface area contributed by atoms with Crippen molar-refractivity contribution in [2.75, 3.05) is 19.5 Å². The molecule has 2 atom stereocenters. The van der Waals surface area contributed by atoms with E-state index in [1.165, 1.54) is 0 Å². The van der Waals surface area contributed by atoms with Gasteiger partial charge in [-0.25, -0.2) is 4.68 Å². The molecule has 3 aromatic carbocycles. The van der Waals surface area contributed by atoms with E-state index in [-0.39, 0.29) is 30.8 Å². The fraction of sp³-hybridized carbons (Fsp3) is 0.312. The van der Waals surface area contributed by atoms with Crippen LogP contribution in [0.1, 0.15) is 30.4 Å². The molecule has 41 heavy (non-hydrogen) atoms. The Labute approximate surface area is 239 Å². The van der Waals surface area contributed by atoms with Gasteiger partial charge in [0.15, 0.2) is 0 Å². The van der Waals surface area contributed by atoms with Gasteiger partial charge in [-0.2, -0.15) is 0 Å². The largest absolute Gasteiger partial charge is 0.497 e. The number of anilines is 1. The van der Waals surface area contributed by atoms with Crippen LogP contribution in [0.5, 0.6) is 11.5 Å². The molecule has 0 bridgehead atoms. The number of carbonyl (C=O) groups excluding carboxylic acids is 2. The van der Waals surface area contributed by atoms with Crippen molar-refractivity contribution in [1.82, 2.24) is 19.9 Å². The van der Waals surface area contributed by atoms with Crippen molar-refractivity contribution < 1.29 is 19.1 Å². The summed E-state index contributed by atoms with van der Waals surface area (Å²) in [5, 5.41) is 11.5. The Balaban J connectivity index is 1.53. The number of fused-ring (bicyclic) bond motifs is 1. The number of aryl methyl sites for hydroxylation is 1. The Kier molecular flexibility index (Phi) is 8.62. The molecular formula is C32H35N5O4. The summed E-state index contributed by atoms with van der Waals surface area (Å²) >= 11 is 0. The van der Waals surface area contributed by atoms with Crippen LogP contribution in [-0.4, -0.2) is 52.0 Å². The summed E-state index contributed by atoms with van der Waals surface area (Å²) in [6.45, 7) is 2.27. The van der Waals surface area contributed by atoms with E-state index in [4.69, 9.17) is 9.47 Å². The van der Waals surface area contributed by atoms with Gasteiger partial charge >= 0.3 is 0 Å². The van der Waals surface area contributed by atoms with Gasteiger partial charge in [0.2, 0.25) is 11.8 Å². The lowest BCUT2D eigenvalue weighted by atomic mass is 9.85. The average Bonchev–Trinajstić information content (AvgIpc) is 3.41. The Morgan fingerprint density at radius 1 is 1.05 bits per heavy atom.